The van der Waals surface area contributed by atoms with Gasteiger partial charge in [-0.05, 0) is 36.0 Å². The van der Waals surface area contributed by atoms with Crippen molar-refractivity contribution in [3.63, 3.8) is 0 Å². The van der Waals surface area contributed by atoms with Crippen LogP contribution in [0.1, 0.15) is 41.8 Å². The predicted molar refractivity (Wildman–Crippen MR) is 82.7 cm³/mol. The largest absolute Gasteiger partial charge is 0.478 e. The number of carboxylic acid groups (broad SMARTS) is 1. The third-order valence-electron chi connectivity index (χ3n) is 3.97. The molecule has 1 aromatic carbocycles. The molecule has 4 nitrogen and oxygen atoms in total. The molecule has 116 valence electrons. The first-order valence-corrected chi connectivity index (χ1v) is 7.72. The molecule has 0 aromatic heterocycles. The molecular formula is C17H25NO3. The number of aromatic carboxylic acids is 1. The van der Waals surface area contributed by atoms with E-state index >= 15 is 0 Å². The SMILES string of the molecule is CC(C)CCOCCN1CCc2c(cccc2C(=O)O)C1. The second-order valence-electron chi connectivity index (χ2n) is 6.07. The molecule has 0 aliphatic carbocycles. The van der Waals surface area contributed by atoms with Crippen molar-refractivity contribution in [2.24, 2.45) is 5.92 Å². The summed E-state index contributed by atoms with van der Waals surface area (Å²) in [7, 11) is 0. The number of hydrogen-bond acceptors (Lipinski definition) is 3. The normalized spacial score (nSPS) is 15.2. The highest BCUT2D eigenvalue weighted by atomic mass is 16.5. The van der Waals surface area contributed by atoms with Crippen LogP contribution in [0.25, 0.3) is 0 Å². The summed E-state index contributed by atoms with van der Waals surface area (Å²) in [5.74, 6) is -0.140. The van der Waals surface area contributed by atoms with E-state index in [9.17, 15) is 9.90 Å². The molecule has 0 unspecified atom stereocenters. The van der Waals surface area contributed by atoms with Crippen LogP contribution in [0.15, 0.2) is 18.2 Å². The average molecular weight is 291 g/mol. The van der Waals surface area contributed by atoms with Crippen LogP contribution < -0.4 is 0 Å². The van der Waals surface area contributed by atoms with Crippen molar-refractivity contribution < 1.29 is 14.6 Å². The van der Waals surface area contributed by atoms with E-state index in [1.165, 1.54) is 0 Å². The fourth-order valence-electron chi connectivity index (χ4n) is 2.67. The lowest BCUT2D eigenvalue weighted by atomic mass is 9.94. The van der Waals surface area contributed by atoms with Crippen molar-refractivity contribution in [1.82, 2.24) is 4.90 Å². The second-order valence-corrected chi connectivity index (χ2v) is 6.07. The lowest BCUT2D eigenvalue weighted by Gasteiger charge is -2.29. The van der Waals surface area contributed by atoms with E-state index in [2.05, 4.69) is 18.7 Å². The Bertz CT molecular complexity index is 485. The van der Waals surface area contributed by atoms with Crippen LogP contribution in [0, 0.1) is 5.92 Å². The standard InChI is InChI=1S/C17H25NO3/c1-13(2)7-10-21-11-9-18-8-6-15-14(12-18)4-3-5-16(15)17(19)20/h3-5,13H,6-12H2,1-2H3,(H,19,20). The Kier molecular flexibility index (Phi) is 5.76. The van der Waals surface area contributed by atoms with Crippen LogP contribution in [0.2, 0.25) is 0 Å². The number of benzene rings is 1. The van der Waals surface area contributed by atoms with Crippen LogP contribution in [-0.2, 0) is 17.7 Å². The van der Waals surface area contributed by atoms with Crippen LogP contribution in [0.3, 0.4) is 0 Å². The lowest BCUT2D eigenvalue weighted by molar-refractivity contribution is 0.0692. The molecule has 21 heavy (non-hydrogen) atoms. The molecule has 2 rings (SSSR count). The van der Waals surface area contributed by atoms with E-state index in [1.807, 2.05) is 12.1 Å². The molecule has 0 bridgehead atoms. The number of nitrogens with zero attached hydrogens (tertiary/aromatic N) is 1. The molecular weight excluding hydrogens is 266 g/mol. The van der Waals surface area contributed by atoms with E-state index in [4.69, 9.17) is 4.74 Å². The summed E-state index contributed by atoms with van der Waals surface area (Å²) >= 11 is 0. The molecule has 0 amide bonds. The minimum atomic E-state index is -0.822. The maximum atomic E-state index is 11.2. The number of carboxylic acids is 1. The number of ether oxygens (including phenoxy) is 1. The number of fused-ring (bicyclic) bond motifs is 1. The van der Waals surface area contributed by atoms with Gasteiger partial charge in [-0.1, -0.05) is 26.0 Å². The van der Waals surface area contributed by atoms with E-state index < -0.39 is 5.97 Å². The maximum absolute atomic E-state index is 11.2. The molecule has 1 aliphatic heterocycles. The van der Waals surface area contributed by atoms with Crippen molar-refractivity contribution >= 4 is 5.97 Å². The van der Waals surface area contributed by atoms with Crippen LogP contribution in [-0.4, -0.2) is 42.3 Å². The van der Waals surface area contributed by atoms with Gasteiger partial charge in [0.15, 0.2) is 0 Å². The lowest BCUT2D eigenvalue weighted by Crippen LogP contribution is -2.34. The van der Waals surface area contributed by atoms with Crippen LogP contribution >= 0.6 is 0 Å². The van der Waals surface area contributed by atoms with Gasteiger partial charge in [0.1, 0.15) is 0 Å². The summed E-state index contributed by atoms with van der Waals surface area (Å²) in [4.78, 5) is 13.6. The van der Waals surface area contributed by atoms with E-state index in [-0.39, 0.29) is 0 Å². The van der Waals surface area contributed by atoms with Gasteiger partial charge < -0.3 is 9.84 Å². The molecule has 4 heteroatoms. The van der Waals surface area contributed by atoms with Gasteiger partial charge in [0.05, 0.1) is 12.2 Å². The van der Waals surface area contributed by atoms with Gasteiger partial charge in [-0.25, -0.2) is 4.79 Å². The van der Waals surface area contributed by atoms with Crippen molar-refractivity contribution in [2.45, 2.75) is 33.2 Å². The maximum Gasteiger partial charge on any atom is 0.335 e. The van der Waals surface area contributed by atoms with E-state index in [1.54, 1.807) is 6.07 Å². The summed E-state index contributed by atoms with van der Waals surface area (Å²) in [6, 6.07) is 5.57. The number of hydrogen-bond donors (Lipinski definition) is 1. The molecule has 0 fully saturated rings. The minimum Gasteiger partial charge on any atom is -0.478 e. The first-order chi connectivity index (χ1) is 10.1. The Labute approximate surface area is 126 Å². The topological polar surface area (TPSA) is 49.8 Å². The summed E-state index contributed by atoms with van der Waals surface area (Å²) in [6.07, 6.45) is 1.91. The van der Waals surface area contributed by atoms with Crippen molar-refractivity contribution in [1.29, 1.82) is 0 Å². The van der Waals surface area contributed by atoms with E-state index in [0.717, 1.165) is 56.8 Å². The second kappa shape index (κ2) is 7.57. The van der Waals surface area contributed by atoms with Crippen molar-refractivity contribution in [3.05, 3.63) is 34.9 Å². The number of carbonyl (C=O) groups is 1. The highest BCUT2D eigenvalue weighted by Crippen LogP contribution is 2.22. The van der Waals surface area contributed by atoms with Gasteiger partial charge in [0.25, 0.3) is 0 Å². The molecule has 0 saturated carbocycles. The fraction of sp³-hybridized carbons (Fsp3) is 0.588. The third-order valence-corrected chi connectivity index (χ3v) is 3.97. The Hall–Kier alpha value is -1.39. The Morgan fingerprint density at radius 3 is 2.90 bits per heavy atom. The predicted octanol–water partition coefficient (Wildman–Crippen LogP) is 2.81. The zero-order chi connectivity index (χ0) is 15.2. The summed E-state index contributed by atoms with van der Waals surface area (Å²) < 4.78 is 5.66. The molecule has 1 N–H and O–H groups in total. The van der Waals surface area contributed by atoms with Gasteiger partial charge >= 0.3 is 5.97 Å². The molecule has 1 aliphatic rings. The third kappa shape index (κ3) is 4.55. The van der Waals surface area contributed by atoms with Gasteiger partial charge in [0.2, 0.25) is 0 Å². The quantitative estimate of drug-likeness (QED) is 0.785. The zero-order valence-electron chi connectivity index (χ0n) is 13.0. The van der Waals surface area contributed by atoms with Gasteiger partial charge in [-0.3, -0.25) is 4.90 Å². The molecule has 0 radical (unpaired) electrons. The zero-order valence-corrected chi connectivity index (χ0v) is 13.0. The molecule has 0 saturated heterocycles. The van der Waals surface area contributed by atoms with Gasteiger partial charge in [0, 0.05) is 26.2 Å². The minimum absolute atomic E-state index is 0.459. The summed E-state index contributed by atoms with van der Waals surface area (Å²) in [5.41, 5.74) is 2.60. The van der Waals surface area contributed by atoms with Crippen LogP contribution in [0.4, 0.5) is 0 Å². The Morgan fingerprint density at radius 1 is 1.38 bits per heavy atom. The molecule has 0 atom stereocenters. The average Bonchev–Trinajstić information content (AvgIpc) is 2.45. The van der Waals surface area contributed by atoms with E-state index in [0.29, 0.717) is 11.5 Å². The van der Waals surface area contributed by atoms with Crippen molar-refractivity contribution in [2.75, 3.05) is 26.3 Å². The number of rotatable bonds is 7. The van der Waals surface area contributed by atoms with Gasteiger partial charge in [-0.2, -0.15) is 0 Å². The first-order valence-electron chi connectivity index (χ1n) is 7.72. The molecule has 1 heterocycles. The Balaban J connectivity index is 1.83. The smallest absolute Gasteiger partial charge is 0.335 e. The van der Waals surface area contributed by atoms with Crippen LogP contribution in [0.5, 0.6) is 0 Å². The summed E-state index contributed by atoms with van der Waals surface area (Å²) in [6.45, 7) is 8.62. The fourth-order valence-corrected chi connectivity index (χ4v) is 2.67. The molecule has 1 aromatic rings. The highest BCUT2D eigenvalue weighted by Gasteiger charge is 2.20. The highest BCUT2D eigenvalue weighted by molar-refractivity contribution is 5.89. The molecule has 0 spiro atoms. The summed E-state index contributed by atoms with van der Waals surface area (Å²) in [5, 5.41) is 9.22. The monoisotopic (exact) mass is 291 g/mol. The van der Waals surface area contributed by atoms with Crippen molar-refractivity contribution in [3.8, 4) is 0 Å². The Morgan fingerprint density at radius 2 is 2.19 bits per heavy atom. The van der Waals surface area contributed by atoms with Gasteiger partial charge in [-0.15, -0.1) is 0 Å². The first kappa shape index (κ1) is 16.0.